The summed E-state index contributed by atoms with van der Waals surface area (Å²) in [5, 5.41) is 0. The molecular formula is C12H18N4O3. The standard InChI is InChI=1S/C12H18N4O3/c1-12(2,3)19-11(18)15-4-5-16-7-14-9(10(13)17)8(16)6-15/h7H,4-6H2,1-3H3,(H2,13,17). The highest BCUT2D eigenvalue weighted by atomic mass is 16.6. The van der Waals surface area contributed by atoms with Gasteiger partial charge in [0.2, 0.25) is 0 Å². The van der Waals surface area contributed by atoms with Gasteiger partial charge in [0.05, 0.1) is 18.6 Å². The molecule has 1 aromatic rings. The summed E-state index contributed by atoms with van der Waals surface area (Å²) in [6, 6.07) is 0. The molecule has 0 saturated carbocycles. The summed E-state index contributed by atoms with van der Waals surface area (Å²) in [5.41, 5.74) is 5.59. The Bertz CT molecular complexity index is 516. The molecule has 104 valence electrons. The largest absolute Gasteiger partial charge is 0.444 e. The molecular weight excluding hydrogens is 248 g/mol. The van der Waals surface area contributed by atoms with Crippen molar-refractivity contribution in [2.24, 2.45) is 5.73 Å². The van der Waals surface area contributed by atoms with Crippen molar-refractivity contribution in [1.82, 2.24) is 14.5 Å². The number of aromatic nitrogens is 2. The van der Waals surface area contributed by atoms with Crippen LogP contribution in [0.2, 0.25) is 0 Å². The third-order valence-corrected chi connectivity index (χ3v) is 2.78. The van der Waals surface area contributed by atoms with E-state index in [0.717, 1.165) is 0 Å². The molecule has 0 fully saturated rings. The minimum atomic E-state index is -0.584. The molecule has 0 radical (unpaired) electrons. The smallest absolute Gasteiger partial charge is 0.410 e. The van der Waals surface area contributed by atoms with Crippen LogP contribution >= 0.6 is 0 Å². The number of amides is 2. The molecule has 0 unspecified atom stereocenters. The molecule has 0 aromatic carbocycles. The number of primary amides is 1. The molecule has 7 heteroatoms. The molecule has 2 heterocycles. The second-order valence-corrected chi connectivity index (χ2v) is 5.50. The fourth-order valence-corrected chi connectivity index (χ4v) is 1.94. The summed E-state index contributed by atoms with van der Waals surface area (Å²) in [5.74, 6) is -0.584. The number of rotatable bonds is 1. The van der Waals surface area contributed by atoms with Crippen LogP contribution < -0.4 is 5.73 Å². The highest BCUT2D eigenvalue weighted by molar-refractivity contribution is 5.92. The third kappa shape index (κ3) is 2.86. The Morgan fingerprint density at radius 2 is 2.05 bits per heavy atom. The summed E-state index contributed by atoms with van der Waals surface area (Å²) in [6.07, 6.45) is 1.18. The van der Waals surface area contributed by atoms with Gasteiger partial charge in [-0.1, -0.05) is 0 Å². The fraction of sp³-hybridized carbons (Fsp3) is 0.583. The van der Waals surface area contributed by atoms with Gasteiger partial charge in [-0.2, -0.15) is 0 Å². The van der Waals surface area contributed by atoms with Crippen molar-refractivity contribution in [2.75, 3.05) is 6.54 Å². The Balaban J connectivity index is 2.15. The van der Waals surface area contributed by atoms with Crippen LogP contribution in [0.3, 0.4) is 0 Å². The average molecular weight is 266 g/mol. The molecule has 2 rings (SSSR count). The molecule has 0 aliphatic carbocycles. The van der Waals surface area contributed by atoms with Gasteiger partial charge in [-0.3, -0.25) is 4.79 Å². The number of ether oxygens (including phenoxy) is 1. The maximum atomic E-state index is 12.0. The molecule has 1 aliphatic rings. The molecule has 19 heavy (non-hydrogen) atoms. The molecule has 0 bridgehead atoms. The Hall–Kier alpha value is -2.05. The number of fused-ring (bicyclic) bond motifs is 1. The molecule has 1 aromatic heterocycles. The van der Waals surface area contributed by atoms with Crippen molar-refractivity contribution in [1.29, 1.82) is 0 Å². The van der Waals surface area contributed by atoms with Crippen molar-refractivity contribution in [3.8, 4) is 0 Å². The average Bonchev–Trinajstić information content (AvgIpc) is 2.68. The maximum Gasteiger partial charge on any atom is 0.410 e. The molecule has 2 N–H and O–H groups in total. The molecule has 0 spiro atoms. The number of nitrogens with two attached hydrogens (primary N) is 1. The van der Waals surface area contributed by atoms with E-state index >= 15 is 0 Å². The number of carbonyl (C=O) groups is 2. The Labute approximate surface area is 111 Å². The first kappa shape index (κ1) is 13.4. The topological polar surface area (TPSA) is 90.4 Å². The number of hydrogen-bond acceptors (Lipinski definition) is 4. The van der Waals surface area contributed by atoms with Gasteiger partial charge in [0.25, 0.3) is 5.91 Å². The Morgan fingerprint density at radius 1 is 1.37 bits per heavy atom. The van der Waals surface area contributed by atoms with Crippen LogP contribution in [0.5, 0.6) is 0 Å². The Kier molecular flexibility index (Phi) is 3.21. The van der Waals surface area contributed by atoms with E-state index in [4.69, 9.17) is 10.5 Å². The van der Waals surface area contributed by atoms with Crippen LogP contribution in [-0.4, -0.2) is 38.6 Å². The van der Waals surface area contributed by atoms with E-state index in [1.807, 2.05) is 25.3 Å². The van der Waals surface area contributed by atoms with Gasteiger partial charge in [-0.25, -0.2) is 9.78 Å². The first-order chi connectivity index (χ1) is 8.78. The number of imidazole rings is 1. The van der Waals surface area contributed by atoms with Crippen molar-refractivity contribution in [3.63, 3.8) is 0 Å². The van der Waals surface area contributed by atoms with Crippen LogP contribution in [0.1, 0.15) is 37.0 Å². The molecule has 0 saturated heterocycles. The lowest BCUT2D eigenvalue weighted by Gasteiger charge is -2.30. The van der Waals surface area contributed by atoms with E-state index in [-0.39, 0.29) is 12.2 Å². The third-order valence-electron chi connectivity index (χ3n) is 2.78. The van der Waals surface area contributed by atoms with Gasteiger partial charge in [-0.05, 0) is 20.8 Å². The SMILES string of the molecule is CC(C)(C)OC(=O)N1CCn2cnc(C(N)=O)c2C1. The lowest BCUT2D eigenvalue weighted by molar-refractivity contribution is 0.0198. The van der Waals surface area contributed by atoms with Gasteiger partial charge in [0.15, 0.2) is 5.69 Å². The van der Waals surface area contributed by atoms with Crippen LogP contribution in [0, 0.1) is 0 Å². The molecule has 2 amide bonds. The van der Waals surface area contributed by atoms with E-state index < -0.39 is 17.6 Å². The number of hydrogen-bond donors (Lipinski definition) is 1. The Morgan fingerprint density at radius 3 is 2.63 bits per heavy atom. The number of nitrogens with zero attached hydrogens (tertiary/aromatic N) is 3. The fourth-order valence-electron chi connectivity index (χ4n) is 1.94. The van der Waals surface area contributed by atoms with Gasteiger partial charge in [-0.15, -0.1) is 0 Å². The maximum absolute atomic E-state index is 12.0. The van der Waals surface area contributed by atoms with Crippen molar-refractivity contribution < 1.29 is 14.3 Å². The minimum absolute atomic E-state index is 0.216. The summed E-state index contributed by atoms with van der Waals surface area (Å²) < 4.78 is 7.14. The van der Waals surface area contributed by atoms with Crippen molar-refractivity contribution in [2.45, 2.75) is 39.5 Å². The lowest BCUT2D eigenvalue weighted by atomic mass is 10.2. The van der Waals surface area contributed by atoms with E-state index in [0.29, 0.717) is 18.8 Å². The second kappa shape index (κ2) is 4.56. The lowest BCUT2D eigenvalue weighted by Crippen LogP contribution is -2.41. The molecule has 7 nitrogen and oxygen atoms in total. The highest BCUT2D eigenvalue weighted by Gasteiger charge is 2.28. The zero-order chi connectivity index (χ0) is 14.2. The van der Waals surface area contributed by atoms with Gasteiger partial charge < -0.3 is 19.9 Å². The number of carbonyl (C=O) groups excluding carboxylic acids is 2. The van der Waals surface area contributed by atoms with Gasteiger partial charge in [0.1, 0.15) is 5.60 Å². The summed E-state index contributed by atoms with van der Waals surface area (Å²) in [7, 11) is 0. The van der Waals surface area contributed by atoms with Crippen LogP contribution in [0.4, 0.5) is 4.79 Å². The summed E-state index contributed by atoms with van der Waals surface area (Å²) >= 11 is 0. The summed E-state index contributed by atoms with van der Waals surface area (Å²) in [4.78, 5) is 28.8. The minimum Gasteiger partial charge on any atom is -0.444 e. The highest BCUT2D eigenvalue weighted by Crippen LogP contribution is 2.18. The zero-order valence-electron chi connectivity index (χ0n) is 11.3. The van der Waals surface area contributed by atoms with E-state index in [1.54, 1.807) is 11.2 Å². The van der Waals surface area contributed by atoms with E-state index in [9.17, 15) is 9.59 Å². The zero-order valence-corrected chi connectivity index (χ0v) is 11.3. The normalized spacial score (nSPS) is 15.0. The monoisotopic (exact) mass is 266 g/mol. The van der Waals surface area contributed by atoms with Crippen LogP contribution in [0.15, 0.2) is 6.33 Å². The second-order valence-electron chi connectivity index (χ2n) is 5.50. The van der Waals surface area contributed by atoms with Gasteiger partial charge in [0, 0.05) is 13.1 Å². The first-order valence-electron chi connectivity index (χ1n) is 6.09. The van der Waals surface area contributed by atoms with E-state index in [1.165, 1.54) is 0 Å². The van der Waals surface area contributed by atoms with Crippen molar-refractivity contribution >= 4 is 12.0 Å². The quantitative estimate of drug-likeness (QED) is 0.811. The molecule has 0 atom stereocenters. The predicted octanol–water partition coefficient (Wildman–Crippen LogP) is 0.733. The van der Waals surface area contributed by atoms with Crippen molar-refractivity contribution in [3.05, 3.63) is 17.7 Å². The first-order valence-corrected chi connectivity index (χ1v) is 6.09. The summed E-state index contributed by atoms with van der Waals surface area (Å²) in [6.45, 7) is 6.83. The van der Waals surface area contributed by atoms with Gasteiger partial charge >= 0.3 is 6.09 Å². The predicted molar refractivity (Wildman–Crippen MR) is 67.4 cm³/mol. The van der Waals surface area contributed by atoms with Crippen LogP contribution in [0.25, 0.3) is 0 Å². The molecule has 1 aliphatic heterocycles. The van der Waals surface area contributed by atoms with E-state index in [2.05, 4.69) is 4.98 Å². The van der Waals surface area contributed by atoms with Crippen LogP contribution in [-0.2, 0) is 17.8 Å².